The van der Waals surface area contributed by atoms with Gasteiger partial charge >= 0.3 is 5.97 Å². The summed E-state index contributed by atoms with van der Waals surface area (Å²) in [7, 11) is 1.46. The zero-order chi connectivity index (χ0) is 11.0. The number of phenols is 1. The number of benzene rings is 1. The van der Waals surface area contributed by atoms with Crippen molar-refractivity contribution in [2.45, 2.75) is 19.4 Å². The molecule has 1 aromatic carbocycles. The molecule has 4 heteroatoms. The molecule has 1 atom stereocenters. The molecule has 1 aromatic rings. The first-order chi connectivity index (χ1) is 7.11. The van der Waals surface area contributed by atoms with Gasteiger partial charge < -0.3 is 14.6 Å². The summed E-state index contributed by atoms with van der Waals surface area (Å²) in [5.41, 5.74) is 1.20. The summed E-state index contributed by atoms with van der Waals surface area (Å²) in [5.74, 6) is 0.0787. The second kappa shape index (κ2) is 3.46. The number of fused-ring (bicyclic) bond motifs is 1. The van der Waals surface area contributed by atoms with E-state index in [1.54, 1.807) is 6.07 Å². The molecule has 1 heterocycles. The van der Waals surface area contributed by atoms with E-state index in [1.807, 2.05) is 6.92 Å². The number of methoxy groups -OCH3 is 1. The highest BCUT2D eigenvalue weighted by Gasteiger charge is 2.27. The Labute approximate surface area is 87.4 Å². The summed E-state index contributed by atoms with van der Waals surface area (Å²) in [5, 5.41) is 9.44. The van der Waals surface area contributed by atoms with Crippen LogP contribution < -0.4 is 4.74 Å². The number of cyclic esters (lactones) is 1. The molecule has 0 unspecified atom stereocenters. The summed E-state index contributed by atoms with van der Waals surface area (Å²) < 4.78 is 10.1. The maximum atomic E-state index is 11.6. The van der Waals surface area contributed by atoms with E-state index in [0.29, 0.717) is 17.7 Å². The lowest BCUT2D eigenvalue weighted by Crippen LogP contribution is -2.25. The van der Waals surface area contributed by atoms with Gasteiger partial charge in [0.05, 0.1) is 7.11 Å². The number of aromatic hydroxyl groups is 1. The second-order valence-corrected chi connectivity index (χ2v) is 3.60. The molecule has 0 aliphatic carbocycles. The smallest absolute Gasteiger partial charge is 0.342 e. The molecule has 1 aliphatic rings. The summed E-state index contributed by atoms with van der Waals surface area (Å²) >= 11 is 0. The predicted octanol–water partition coefficient (Wildman–Crippen LogP) is 1.50. The Kier molecular flexibility index (Phi) is 2.26. The van der Waals surface area contributed by atoms with E-state index in [2.05, 4.69) is 0 Å². The third-order valence-corrected chi connectivity index (χ3v) is 2.41. The van der Waals surface area contributed by atoms with Crippen molar-refractivity contribution in [3.05, 3.63) is 23.3 Å². The highest BCUT2D eigenvalue weighted by atomic mass is 16.5. The third-order valence-electron chi connectivity index (χ3n) is 2.41. The molecule has 15 heavy (non-hydrogen) atoms. The first-order valence-electron chi connectivity index (χ1n) is 4.72. The van der Waals surface area contributed by atoms with Gasteiger partial charge in [-0.3, -0.25) is 0 Å². The summed E-state index contributed by atoms with van der Waals surface area (Å²) in [6.45, 7) is 1.82. The number of carbonyl (C=O) groups is 1. The van der Waals surface area contributed by atoms with Crippen LogP contribution in [0.3, 0.4) is 0 Å². The van der Waals surface area contributed by atoms with E-state index >= 15 is 0 Å². The lowest BCUT2D eigenvalue weighted by molar-refractivity contribution is 0.0296. The van der Waals surface area contributed by atoms with Gasteiger partial charge in [0.1, 0.15) is 23.2 Å². The summed E-state index contributed by atoms with van der Waals surface area (Å²) in [6, 6.07) is 2.99. The second-order valence-electron chi connectivity index (χ2n) is 3.60. The van der Waals surface area contributed by atoms with Gasteiger partial charge in [0, 0.05) is 12.5 Å². The predicted molar refractivity (Wildman–Crippen MR) is 53.2 cm³/mol. The first kappa shape index (κ1) is 9.83. The average Bonchev–Trinajstić information content (AvgIpc) is 2.14. The molecule has 80 valence electrons. The molecule has 4 nitrogen and oxygen atoms in total. The van der Waals surface area contributed by atoms with E-state index in [-0.39, 0.29) is 17.8 Å². The molecular weight excluding hydrogens is 196 g/mol. The Morgan fingerprint density at radius 3 is 2.93 bits per heavy atom. The molecule has 1 N–H and O–H groups in total. The Balaban J connectivity index is 2.58. The molecule has 0 saturated carbocycles. The lowest BCUT2D eigenvalue weighted by atomic mass is 9.98. The van der Waals surface area contributed by atoms with Crippen LogP contribution in [-0.2, 0) is 11.2 Å². The van der Waals surface area contributed by atoms with Crippen LogP contribution in [0.25, 0.3) is 0 Å². The molecule has 0 fully saturated rings. The van der Waals surface area contributed by atoms with Crippen LogP contribution in [-0.4, -0.2) is 24.3 Å². The minimum absolute atomic E-state index is 0.104. The van der Waals surface area contributed by atoms with Crippen LogP contribution in [0.15, 0.2) is 12.1 Å². The lowest BCUT2D eigenvalue weighted by Gasteiger charge is -2.23. The van der Waals surface area contributed by atoms with Crippen molar-refractivity contribution in [2.75, 3.05) is 7.11 Å². The van der Waals surface area contributed by atoms with Crippen molar-refractivity contribution in [2.24, 2.45) is 0 Å². The van der Waals surface area contributed by atoms with Gasteiger partial charge in [0.2, 0.25) is 0 Å². The number of hydrogen-bond acceptors (Lipinski definition) is 4. The van der Waals surface area contributed by atoms with E-state index in [9.17, 15) is 9.90 Å². The van der Waals surface area contributed by atoms with Crippen LogP contribution in [0.4, 0.5) is 0 Å². The zero-order valence-corrected chi connectivity index (χ0v) is 8.61. The molecule has 0 bridgehead atoms. The number of esters is 1. The SMILES string of the molecule is COc1cc(O)cc2c1C(=O)O[C@H](C)C2. The van der Waals surface area contributed by atoms with Crippen molar-refractivity contribution in [1.82, 2.24) is 0 Å². The number of phenolic OH excluding ortho intramolecular Hbond substituents is 1. The van der Waals surface area contributed by atoms with E-state index < -0.39 is 0 Å². The Hall–Kier alpha value is -1.71. The van der Waals surface area contributed by atoms with Gasteiger partial charge in [-0.05, 0) is 18.6 Å². The Bertz CT molecular complexity index is 411. The number of hydrogen-bond donors (Lipinski definition) is 1. The minimum Gasteiger partial charge on any atom is -0.508 e. The molecule has 0 aromatic heterocycles. The topological polar surface area (TPSA) is 55.8 Å². The van der Waals surface area contributed by atoms with Crippen molar-refractivity contribution in [3.8, 4) is 11.5 Å². The summed E-state index contributed by atoms with van der Waals surface area (Å²) in [4.78, 5) is 11.6. The maximum absolute atomic E-state index is 11.6. The fraction of sp³-hybridized carbons (Fsp3) is 0.364. The van der Waals surface area contributed by atoms with E-state index in [0.717, 1.165) is 5.56 Å². The number of ether oxygens (including phenoxy) is 2. The molecule has 1 aliphatic heterocycles. The quantitative estimate of drug-likeness (QED) is 0.710. The average molecular weight is 208 g/mol. The largest absolute Gasteiger partial charge is 0.508 e. The number of carbonyl (C=O) groups excluding carboxylic acids is 1. The van der Waals surface area contributed by atoms with Crippen molar-refractivity contribution < 1.29 is 19.4 Å². The molecule has 0 amide bonds. The molecule has 2 rings (SSSR count). The fourth-order valence-electron chi connectivity index (χ4n) is 1.80. The molecular formula is C11H12O4. The Morgan fingerprint density at radius 2 is 2.27 bits per heavy atom. The van der Waals surface area contributed by atoms with Gasteiger partial charge in [-0.15, -0.1) is 0 Å². The normalized spacial score (nSPS) is 19.3. The van der Waals surface area contributed by atoms with Crippen LogP contribution in [0.1, 0.15) is 22.8 Å². The van der Waals surface area contributed by atoms with Crippen LogP contribution in [0.2, 0.25) is 0 Å². The number of rotatable bonds is 1. The van der Waals surface area contributed by atoms with Crippen molar-refractivity contribution in [3.63, 3.8) is 0 Å². The summed E-state index contributed by atoms with van der Waals surface area (Å²) in [6.07, 6.45) is 0.447. The molecule has 0 radical (unpaired) electrons. The van der Waals surface area contributed by atoms with Gasteiger partial charge in [0.25, 0.3) is 0 Å². The third kappa shape index (κ3) is 1.63. The van der Waals surface area contributed by atoms with Crippen molar-refractivity contribution >= 4 is 5.97 Å². The van der Waals surface area contributed by atoms with Crippen LogP contribution in [0, 0.1) is 0 Å². The van der Waals surface area contributed by atoms with Crippen LogP contribution in [0.5, 0.6) is 11.5 Å². The zero-order valence-electron chi connectivity index (χ0n) is 8.61. The van der Waals surface area contributed by atoms with Crippen molar-refractivity contribution in [1.29, 1.82) is 0 Å². The minimum atomic E-state index is -0.388. The monoisotopic (exact) mass is 208 g/mol. The fourth-order valence-corrected chi connectivity index (χ4v) is 1.80. The van der Waals surface area contributed by atoms with Crippen LogP contribution >= 0.6 is 0 Å². The van der Waals surface area contributed by atoms with Gasteiger partial charge in [-0.25, -0.2) is 4.79 Å². The highest BCUT2D eigenvalue weighted by Crippen LogP contribution is 2.32. The highest BCUT2D eigenvalue weighted by molar-refractivity contribution is 5.95. The molecule has 0 saturated heterocycles. The van der Waals surface area contributed by atoms with E-state index in [4.69, 9.17) is 9.47 Å². The molecule has 0 spiro atoms. The van der Waals surface area contributed by atoms with Gasteiger partial charge in [-0.2, -0.15) is 0 Å². The Morgan fingerprint density at radius 1 is 1.53 bits per heavy atom. The van der Waals surface area contributed by atoms with Gasteiger partial charge in [-0.1, -0.05) is 0 Å². The first-order valence-corrected chi connectivity index (χ1v) is 4.72. The van der Waals surface area contributed by atoms with E-state index in [1.165, 1.54) is 13.2 Å². The van der Waals surface area contributed by atoms with Gasteiger partial charge in [0.15, 0.2) is 0 Å². The maximum Gasteiger partial charge on any atom is 0.342 e. The standard InChI is InChI=1S/C11H12O4/c1-6-3-7-4-8(12)5-9(14-2)10(7)11(13)15-6/h4-6,12H,3H2,1-2H3/t6-/m1/s1.